The number of thiophene rings is 1. The molecule has 1 heterocycles. The number of nitrogens with one attached hydrogen (secondary N) is 1. The molecule has 96 valence electrons. The summed E-state index contributed by atoms with van der Waals surface area (Å²) in [5.41, 5.74) is 0. The standard InChI is InChI=1S/C12H18BrNO2S/c1-2-9(8-15)14-12(16)5-3-4-10-6-7-11(13)17-10/h6-7,9,15H,2-5,8H2,1H3,(H,14,16)/t9-/m0/s1. The van der Waals surface area contributed by atoms with Gasteiger partial charge in [0.2, 0.25) is 5.91 Å². The molecule has 1 atom stereocenters. The van der Waals surface area contributed by atoms with Gasteiger partial charge in [-0.2, -0.15) is 0 Å². The quantitative estimate of drug-likeness (QED) is 0.811. The molecule has 17 heavy (non-hydrogen) atoms. The zero-order chi connectivity index (χ0) is 12.7. The van der Waals surface area contributed by atoms with Crippen molar-refractivity contribution < 1.29 is 9.90 Å². The van der Waals surface area contributed by atoms with Crippen LogP contribution in [0, 0.1) is 0 Å². The van der Waals surface area contributed by atoms with Crippen molar-refractivity contribution in [3.63, 3.8) is 0 Å². The summed E-state index contributed by atoms with van der Waals surface area (Å²) in [4.78, 5) is 12.8. The van der Waals surface area contributed by atoms with Crippen molar-refractivity contribution in [1.82, 2.24) is 5.32 Å². The summed E-state index contributed by atoms with van der Waals surface area (Å²) in [6, 6.07) is 4.01. The van der Waals surface area contributed by atoms with Crippen LogP contribution < -0.4 is 5.32 Å². The predicted molar refractivity (Wildman–Crippen MR) is 74.3 cm³/mol. The number of halogens is 1. The van der Waals surface area contributed by atoms with Gasteiger partial charge in [-0.05, 0) is 47.3 Å². The lowest BCUT2D eigenvalue weighted by Gasteiger charge is -2.13. The van der Waals surface area contributed by atoms with Crippen molar-refractivity contribution >= 4 is 33.2 Å². The molecule has 1 rings (SSSR count). The second kappa shape index (κ2) is 7.84. The number of hydrogen-bond donors (Lipinski definition) is 2. The van der Waals surface area contributed by atoms with Crippen LogP contribution in [-0.2, 0) is 11.2 Å². The highest BCUT2D eigenvalue weighted by Crippen LogP contribution is 2.23. The van der Waals surface area contributed by atoms with Gasteiger partial charge < -0.3 is 10.4 Å². The Morgan fingerprint density at radius 1 is 1.59 bits per heavy atom. The number of amides is 1. The molecule has 5 heteroatoms. The molecule has 2 N–H and O–H groups in total. The Balaban J connectivity index is 2.20. The molecule has 0 aliphatic heterocycles. The fourth-order valence-electron chi connectivity index (χ4n) is 1.49. The zero-order valence-corrected chi connectivity index (χ0v) is 12.3. The van der Waals surface area contributed by atoms with Crippen LogP contribution in [0.1, 0.15) is 31.1 Å². The van der Waals surface area contributed by atoms with E-state index in [1.165, 1.54) is 4.88 Å². The highest BCUT2D eigenvalue weighted by Gasteiger charge is 2.08. The Labute approximate surface area is 114 Å². The van der Waals surface area contributed by atoms with E-state index >= 15 is 0 Å². The lowest BCUT2D eigenvalue weighted by Crippen LogP contribution is -2.36. The predicted octanol–water partition coefficient (Wildman–Crippen LogP) is 2.72. The van der Waals surface area contributed by atoms with E-state index in [0.29, 0.717) is 6.42 Å². The summed E-state index contributed by atoms with van der Waals surface area (Å²) < 4.78 is 1.13. The summed E-state index contributed by atoms with van der Waals surface area (Å²) in [7, 11) is 0. The van der Waals surface area contributed by atoms with Crippen LogP contribution in [0.4, 0.5) is 0 Å². The van der Waals surface area contributed by atoms with Crippen molar-refractivity contribution in [3.8, 4) is 0 Å². The third kappa shape index (κ3) is 5.66. The minimum atomic E-state index is -0.0987. The third-order valence-electron chi connectivity index (χ3n) is 2.53. The van der Waals surface area contributed by atoms with Crippen molar-refractivity contribution in [3.05, 3.63) is 20.8 Å². The number of aliphatic hydroxyl groups is 1. The second-order valence-corrected chi connectivity index (χ2v) is 6.46. The molecule has 1 amide bonds. The largest absolute Gasteiger partial charge is 0.394 e. The number of hydrogen-bond acceptors (Lipinski definition) is 3. The van der Waals surface area contributed by atoms with E-state index in [-0.39, 0.29) is 18.6 Å². The van der Waals surface area contributed by atoms with E-state index in [0.717, 1.165) is 23.0 Å². The van der Waals surface area contributed by atoms with Gasteiger partial charge >= 0.3 is 0 Å². The number of aryl methyl sites for hydroxylation is 1. The van der Waals surface area contributed by atoms with Gasteiger partial charge in [0.1, 0.15) is 0 Å². The van der Waals surface area contributed by atoms with Crippen molar-refractivity contribution in [2.24, 2.45) is 0 Å². The minimum absolute atomic E-state index is 0.0140. The number of carbonyl (C=O) groups is 1. The topological polar surface area (TPSA) is 49.3 Å². The van der Waals surface area contributed by atoms with Gasteiger partial charge in [-0.3, -0.25) is 4.79 Å². The Morgan fingerprint density at radius 3 is 2.88 bits per heavy atom. The van der Waals surface area contributed by atoms with Crippen LogP contribution in [0.25, 0.3) is 0 Å². The molecule has 1 aromatic heterocycles. The van der Waals surface area contributed by atoms with Gasteiger partial charge in [0, 0.05) is 11.3 Å². The molecule has 0 fully saturated rings. The lowest BCUT2D eigenvalue weighted by atomic mass is 10.2. The summed E-state index contributed by atoms with van der Waals surface area (Å²) in [5.74, 6) is 0.0292. The first kappa shape index (κ1) is 14.7. The normalized spacial score (nSPS) is 12.4. The zero-order valence-electron chi connectivity index (χ0n) is 9.91. The Bertz CT molecular complexity index is 350. The molecule has 0 spiro atoms. The third-order valence-corrected chi connectivity index (χ3v) is 4.22. The van der Waals surface area contributed by atoms with E-state index in [9.17, 15) is 4.79 Å². The molecule has 0 bridgehead atoms. The smallest absolute Gasteiger partial charge is 0.220 e. The Kier molecular flexibility index (Phi) is 6.77. The van der Waals surface area contributed by atoms with E-state index in [1.807, 2.05) is 13.0 Å². The molecule has 1 aromatic rings. The van der Waals surface area contributed by atoms with Crippen LogP contribution in [0.15, 0.2) is 15.9 Å². The van der Waals surface area contributed by atoms with Gasteiger partial charge in [-0.1, -0.05) is 6.92 Å². The first-order valence-electron chi connectivity index (χ1n) is 5.80. The molecule has 0 aliphatic carbocycles. The van der Waals surface area contributed by atoms with Gasteiger partial charge in [-0.25, -0.2) is 0 Å². The van der Waals surface area contributed by atoms with E-state index in [2.05, 4.69) is 27.3 Å². The summed E-state index contributed by atoms with van der Waals surface area (Å²) >= 11 is 5.12. The molecule has 0 aromatic carbocycles. The maximum Gasteiger partial charge on any atom is 0.220 e. The Hall–Kier alpha value is -0.390. The highest BCUT2D eigenvalue weighted by atomic mass is 79.9. The van der Waals surface area contributed by atoms with Crippen LogP contribution in [-0.4, -0.2) is 23.7 Å². The summed E-state index contributed by atoms with van der Waals surface area (Å²) in [5, 5.41) is 11.8. The monoisotopic (exact) mass is 319 g/mol. The fourth-order valence-corrected chi connectivity index (χ4v) is 3.01. The molecule has 3 nitrogen and oxygen atoms in total. The van der Waals surface area contributed by atoms with Gasteiger partial charge in [0.05, 0.1) is 16.4 Å². The van der Waals surface area contributed by atoms with E-state index in [1.54, 1.807) is 11.3 Å². The molecular formula is C12H18BrNO2S. The first-order chi connectivity index (χ1) is 8.15. The maximum absolute atomic E-state index is 11.5. The highest BCUT2D eigenvalue weighted by molar-refractivity contribution is 9.11. The van der Waals surface area contributed by atoms with Crippen LogP contribution in [0.5, 0.6) is 0 Å². The van der Waals surface area contributed by atoms with Crippen molar-refractivity contribution in [2.75, 3.05) is 6.61 Å². The summed E-state index contributed by atoms with van der Waals surface area (Å²) in [6.45, 7) is 1.96. The van der Waals surface area contributed by atoms with Crippen LogP contribution in [0.3, 0.4) is 0 Å². The van der Waals surface area contributed by atoms with E-state index < -0.39 is 0 Å². The molecular weight excluding hydrogens is 302 g/mol. The van der Waals surface area contributed by atoms with Gasteiger partial charge in [0.25, 0.3) is 0 Å². The van der Waals surface area contributed by atoms with E-state index in [4.69, 9.17) is 5.11 Å². The van der Waals surface area contributed by atoms with Gasteiger partial charge in [0.15, 0.2) is 0 Å². The molecule has 0 unspecified atom stereocenters. The fraction of sp³-hybridized carbons (Fsp3) is 0.583. The molecule has 0 saturated carbocycles. The number of carbonyl (C=O) groups excluding carboxylic acids is 1. The average Bonchev–Trinajstić information content (AvgIpc) is 2.72. The molecule has 0 saturated heterocycles. The molecule has 0 aliphatic rings. The number of aliphatic hydroxyl groups excluding tert-OH is 1. The Morgan fingerprint density at radius 2 is 2.35 bits per heavy atom. The number of rotatable bonds is 7. The lowest BCUT2D eigenvalue weighted by molar-refractivity contribution is -0.122. The maximum atomic E-state index is 11.5. The van der Waals surface area contributed by atoms with Crippen molar-refractivity contribution in [2.45, 2.75) is 38.6 Å². The first-order valence-corrected chi connectivity index (χ1v) is 7.41. The summed E-state index contributed by atoms with van der Waals surface area (Å²) in [6.07, 6.45) is 3.06. The minimum Gasteiger partial charge on any atom is -0.394 e. The molecule has 0 radical (unpaired) electrons. The van der Waals surface area contributed by atoms with Crippen molar-refractivity contribution in [1.29, 1.82) is 0 Å². The SMILES string of the molecule is CC[C@@H](CO)NC(=O)CCCc1ccc(Br)s1. The van der Waals surface area contributed by atoms with Gasteiger partial charge in [-0.15, -0.1) is 11.3 Å². The van der Waals surface area contributed by atoms with Crippen LogP contribution >= 0.6 is 27.3 Å². The van der Waals surface area contributed by atoms with Crippen LogP contribution in [0.2, 0.25) is 0 Å². The second-order valence-electron chi connectivity index (χ2n) is 3.91. The average molecular weight is 320 g/mol.